The van der Waals surface area contributed by atoms with Gasteiger partial charge < -0.3 is 10.7 Å². The molecule has 0 spiro atoms. The highest BCUT2D eigenvalue weighted by Gasteiger charge is 2.01. The number of nitrogens with two attached hydrogens (primary N) is 1. The lowest BCUT2D eigenvalue weighted by Crippen LogP contribution is -1.95. The van der Waals surface area contributed by atoms with Gasteiger partial charge in [0.2, 0.25) is 0 Å². The molecule has 0 saturated carbocycles. The SMILES string of the molecule is CCCc1nc2ccc(CN)cc2[nH]1. The summed E-state index contributed by atoms with van der Waals surface area (Å²) in [5, 5.41) is 0. The number of hydrogen-bond donors (Lipinski definition) is 2. The molecule has 2 rings (SSSR count). The molecule has 0 saturated heterocycles. The molecule has 1 aromatic heterocycles. The Balaban J connectivity index is 2.43. The zero-order valence-corrected chi connectivity index (χ0v) is 8.38. The summed E-state index contributed by atoms with van der Waals surface area (Å²) in [5.41, 5.74) is 8.84. The molecular weight excluding hydrogens is 174 g/mol. The van der Waals surface area contributed by atoms with Gasteiger partial charge in [-0.15, -0.1) is 0 Å². The molecule has 3 nitrogen and oxygen atoms in total. The number of imidazole rings is 1. The second-order valence-electron chi connectivity index (χ2n) is 3.49. The monoisotopic (exact) mass is 189 g/mol. The molecule has 1 aromatic carbocycles. The van der Waals surface area contributed by atoms with Crippen LogP contribution < -0.4 is 5.73 Å². The van der Waals surface area contributed by atoms with Gasteiger partial charge in [-0.05, 0) is 24.1 Å². The molecule has 1 heterocycles. The first-order valence-electron chi connectivity index (χ1n) is 5.01. The number of aromatic nitrogens is 2. The van der Waals surface area contributed by atoms with E-state index in [9.17, 15) is 0 Å². The Kier molecular flexibility index (Phi) is 2.50. The lowest BCUT2D eigenvalue weighted by atomic mass is 10.2. The molecule has 14 heavy (non-hydrogen) atoms. The maximum absolute atomic E-state index is 5.57. The quantitative estimate of drug-likeness (QED) is 0.775. The predicted octanol–water partition coefficient (Wildman–Crippen LogP) is 1.97. The molecule has 0 bridgehead atoms. The summed E-state index contributed by atoms with van der Waals surface area (Å²) in [6, 6.07) is 6.12. The van der Waals surface area contributed by atoms with Crippen LogP contribution in [0.25, 0.3) is 11.0 Å². The first-order valence-corrected chi connectivity index (χ1v) is 5.01. The van der Waals surface area contributed by atoms with Gasteiger partial charge in [0.05, 0.1) is 11.0 Å². The van der Waals surface area contributed by atoms with Gasteiger partial charge in [0.1, 0.15) is 5.82 Å². The zero-order valence-electron chi connectivity index (χ0n) is 8.38. The normalized spacial score (nSPS) is 11.0. The average Bonchev–Trinajstić information content (AvgIpc) is 2.59. The largest absolute Gasteiger partial charge is 0.342 e. The van der Waals surface area contributed by atoms with Crippen LogP contribution in [-0.2, 0) is 13.0 Å². The first kappa shape index (κ1) is 9.21. The fraction of sp³-hybridized carbons (Fsp3) is 0.364. The van der Waals surface area contributed by atoms with Crippen LogP contribution in [-0.4, -0.2) is 9.97 Å². The molecule has 0 unspecified atom stereocenters. The van der Waals surface area contributed by atoms with Crippen LogP contribution >= 0.6 is 0 Å². The number of H-pyrrole nitrogens is 1. The van der Waals surface area contributed by atoms with Crippen molar-refractivity contribution >= 4 is 11.0 Å². The number of fused-ring (bicyclic) bond motifs is 1. The molecule has 0 amide bonds. The average molecular weight is 189 g/mol. The van der Waals surface area contributed by atoms with E-state index in [-0.39, 0.29) is 0 Å². The number of aromatic amines is 1. The number of rotatable bonds is 3. The van der Waals surface area contributed by atoms with Crippen molar-refractivity contribution in [1.29, 1.82) is 0 Å². The Morgan fingerprint density at radius 1 is 1.43 bits per heavy atom. The third-order valence-corrected chi connectivity index (χ3v) is 2.32. The molecule has 3 heteroatoms. The lowest BCUT2D eigenvalue weighted by molar-refractivity contribution is 0.861. The Morgan fingerprint density at radius 2 is 2.29 bits per heavy atom. The maximum Gasteiger partial charge on any atom is 0.107 e. The molecular formula is C11H15N3. The minimum Gasteiger partial charge on any atom is -0.342 e. The summed E-state index contributed by atoms with van der Waals surface area (Å²) >= 11 is 0. The van der Waals surface area contributed by atoms with E-state index in [0.717, 1.165) is 35.3 Å². The molecule has 3 N–H and O–H groups in total. The molecule has 74 valence electrons. The first-order chi connectivity index (χ1) is 6.83. The highest BCUT2D eigenvalue weighted by molar-refractivity contribution is 5.75. The van der Waals surface area contributed by atoms with Crippen LogP contribution in [0.2, 0.25) is 0 Å². The van der Waals surface area contributed by atoms with E-state index in [1.165, 1.54) is 0 Å². The van der Waals surface area contributed by atoms with Gasteiger partial charge in [0.25, 0.3) is 0 Å². The van der Waals surface area contributed by atoms with Crippen molar-refractivity contribution in [2.45, 2.75) is 26.3 Å². The molecule has 0 fully saturated rings. The standard InChI is InChI=1S/C11H15N3/c1-2-3-11-13-9-5-4-8(7-12)6-10(9)14-11/h4-6H,2-3,7,12H2,1H3,(H,13,14). The van der Waals surface area contributed by atoms with Gasteiger partial charge in [0.15, 0.2) is 0 Å². The van der Waals surface area contributed by atoms with Gasteiger partial charge in [-0.2, -0.15) is 0 Å². The summed E-state index contributed by atoms with van der Waals surface area (Å²) in [6.07, 6.45) is 2.12. The smallest absolute Gasteiger partial charge is 0.107 e. The van der Waals surface area contributed by atoms with E-state index in [4.69, 9.17) is 5.73 Å². The summed E-state index contributed by atoms with van der Waals surface area (Å²) in [5.74, 6) is 1.07. The highest BCUT2D eigenvalue weighted by Crippen LogP contribution is 2.14. The molecule has 0 aliphatic rings. The van der Waals surface area contributed by atoms with Gasteiger partial charge in [0, 0.05) is 13.0 Å². The van der Waals surface area contributed by atoms with Crippen molar-refractivity contribution < 1.29 is 0 Å². The lowest BCUT2D eigenvalue weighted by Gasteiger charge is -1.94. The number of nitrogens with zero attached hydrogens (tertiary/aromatic N) is 1. The third kappa shape index (κ3) is 1.63. The predicted molar refractivity (Wildman–Crippen MR) is 58.0 cm³/mol. The minimum absolute atomic E-state index is 0.581. The number of nitrogens with one attached hydrogen (secondary N) is 1. The van der Waals surface area contributed by atoms with Crippen LogP contribution in [0.1, 0.15) is 24.7 Å². The van der Waals surface area contributed by atoms with Gasteiger partial charge in [-0.25, -0.2) is 4.98 Å². The molecule has 0 aliphatic carbocycles. The Morgan fingerprint density at radius 3 is 3.00 bits per heavy atom. The Hall–Kier alpha value is -1.35. The maximum atomic E-state index is 5.57. The Bertz CT molecular complexity index is 431. The topological polar surface area (TPSA) is 54.7 Å². The van der Waals surface area contributed by atoms with E-state index in [1.54, 1.807) is 0 Å². The summed E-state index contributed by atoms with van der Waals surface area (Å²) in [6.45, 7) is 2.73. The van der Waals surface area contributed by atoms with Crippen molar-refractivity contribution in [2.24, 2.45) is 5.73 Å². The number of hydrogen-bond acceptors (Lipinski definition) is 2. The van der Waals surface area contributed by atoms with E-state index in [0.29, 0.717) is 6.54 Å². The molecule has 0 aliphatic heterocycles. The van der Waals surface area contributed by atoms with Gasteiger partial charge >= 0.3 is 0 Å². The van der Waals surface area contributed by atoms with E-state index < -0.39 is 0 Å². The van der Waals surface area contributed by atoms with Crippen molar-refractivity contribution in [3.8, 4) is 0 Å². The van der Waals surface area contributed by atoms with E-state index in [2.05, 4.69) is 23.0 Å². The molecule has 0 radical (unpaired) electrons. The summed E-state index contributed by atoms with van der Waals surface area (Å²) in [4.78, 5) is 7.79. The van der Waals surface area contributed by atoms with E-state index in [1.807, 2.05) is 12.1 Å². The molecule has 2 aromatic rings. The second-order valence-corrected chi connectivity index (χ2v) is 3.49. The fourth-order valence-electron chi connectivity index (χ4n) is 1.59. The van der Waals surface area contributed by atoms with E-state index >= 15 is 0 Å². The Labute approximate surface area is 83.3 Å². The van der Waals surface area contributed by atoms with Crippen molar-refractivity contribution in [3.63, 3.8) is 0 Å². The zero-order chi connectivity index (χ0) is 9.97. The van der Waals surface area contributed by atoms with Crippen molar-refractivity contribution in [1.82, 2.24) is 9.97 Å². The minimum atomic E-state index is 0.581. The number of aryl methyl sites for hydroxylation is 1. The molecule has 0 atom stereocenters. The van der Waals surface area contributed by atoms with Crippen molar-refractivity contribution in [2.75, 3.05) is 0 Å². The summed E-state index contributed by atoms with van der Waals surface area (Å²) in [7, 11) is 0. The van der Waals surface area contributed by atoms with Gasteiger partial charge in [-0.1, -0.05) is 13.0 Å². The highest BCUT2D eigenvalue weighted by atomic mass is 14.9. The van der Waals surface area contributed by atoms with Crippen LogP contribution in [0.15, 0.2) is 18.2 Å². The van der Waals surface area contributed by atoms with Crippen LogP contribution in [0, 0.1) is 0 Å². The third-order valence-electron chi connectivity index (χ3n) is 2.32. The van der Waals surface area contributed by atoms with Crippen molar-refractivity contribution in [3.05, 3.63) is 29.6 Å². The van der Waals surface area contributed by atoms with Gasteiger partial charge in [-0.3, -0.25) is 0 Å². The van der Waals surface area contributed by atoms with Crippen LogP contribution in [0.4, 0.5) is 0 Å². The fourth-order valence-corrected chi connectivity index (χ4v) is 1.59. The van der Waals surface area contributed by atoms with Crippen LogP contribution in [0.3, 0.4) is 0 Å². The number of benzene rings is 1. The van der Waals surface area contributed by atoms with Crippen LogP contribution in [0.5, 0.6) is 0 Å². The summed E-state index contributed by atoms with van der Waals surface area (Å²) < 4.78 is 0. The second kappa shape index (κ2) is 3.80.